The molecule has 0 radical (unpaired) electrons. The van der Waals surface area contributed by atoms with Crippen molar-refractivity contribution in [1.29, 1.82) is 0 Å². The number of carbonyl (C=O) groups is 1. The van der Waals surface area contributed by atoms with Crippen LogP contribution in [0.3, 0.4) is 0 Å². The first kappa shape index (κ1) is 14.6. The minimum absolute atomic E-state index is 0.0241. The zero-order chi connectivity index (χ0) is 15.4. The van der Waals surface area contributed by atoms with E-state index in [9.17, 15) is 4.79 Å². The molecule has 1 N–H and O–H groups in total. The van der Waals surface area contributed by atoms with Crippen LogP contribution in [0.25, 0.3) is 0 Å². The summed E-state index contributed by atoms with van der Waals surface area (Å²) in [7, 11) is 0. The van der Waals surface area contributed by atoms with Crippen molar-refractivity contribution in [2.24, 2.45) is 0 Å². The number of unbranched alkanes of at least 4 members (excludes halogenated alkanes) is 1. The van der Waals surface area contributed by atoms with Crippen molar-refractivity contribution in [3.63, 3.8) is 0 Å². The van der Waals surface area contributed by atoms with Gasteiger partial charge < -0.3 is 10.2 Å². The average Bonchev–Trinajstić information content (AvgIpc) is 2.53. The summed E-state index contributed by atoms with van der Waals surface area (Å²) >= 11 is 0. The highest BCUT2D eigenvalue weighted by Crippen LogP contribution is 2.24. The van der Waals surface area contributed by atoms with Gasteiger partial charge in [-0.25, -0.2) is 4.79 Å². The van der Waals surface area contributed by atoms with Crippen LogP contribution in [0.2, 0.25) is 0 Å². The monoisotopic (exact) mass is 294 g/mol. The van der Waals surface area contributed by atoms with Gasteiger partial charge in [-0.3, -0.25) is 0 Å². The van der Waals surface area contributed by atoms with Gasteiger partial charge in [0, 0.05) is 18.8 Å². The highest BCUT2D eigenvalue weighted by molar-refractivity contribution is 5.92. The van der Waals surface area contributed by atoms with E-state index in [2.05, 4.69) is 42.6 Å². The van der Waals surface area contributed by atoms with E-state index in [0.29, 0.717) is 6.54 Å². The Labute approximate surface area is 132 Å². The Morgan fingerprint density at radius 1 is 1.09 bits per heavy atom. The highest BCUT2D eigenvalue weighted by Gasteiger charge is 2.21. The van der Waals surface area contributed by atoms with Gasteiger partial charge in [0.2, 0.25) is 0 Å². The molecular formula is C19H22N2O. The number of benzene rings is 2. The molecule has 0 fully saturated rings. The normalized spacial score (nSPS) is 13.7. The lowest BCUT2D eigenvalue weighted by molar-refractivity contribution is 0.205. The van der Waals surface area contributed by atoms with Gasteiger partial charge in [0.15, 0.2) is 0 Å². The maximum absolute atomic E-state index is 12.1. The minimum atomic E-state index is 0.0241. The predicted octanol–water partition coefficient (Wildman–Crippen LogP) is 4.37. The molecule has 2 aromatic carbocycles. The zero-order valence-corrected chi connectivity index (χ0v) is 13.0. The second-order valence-electron chi connectivity index (χ2n) is 5.96. The summed E-state index contributed by atoms with van der Waals surface area (Å²) in [5, 5.41) is 2.98. The van der Waals surface area contributed by atoms with E-state index < -0.39 is 0 Å². The van der Waals surface area contributed by atoms with E-state index in [1.54, 1.807) is 0 Å². The Bertz CT molecular complexity index is 652. The van der Waals surface area contributed by atoms with Gasteiger partial charge in [-0.1, -0.05) is 48.0 Å². The molecule has 0 atom stereocenters. The third-order valence-corrected chi connectivity index (χ3v) is 4.14. The van der Waals surface area contributed by atoms with Crippen LogP contribution in [0, 0.1) is 6.92 Å². The number of rotatable bonds is 5. The van der Waals surface area contributed by atoms with Crippen LogP contribution in [-0.2, 0) is 13.0 Å². The van der Waals surface area contributed by atoms with Crippen LogP contribution in [-0.4, -0.2) is 17.5 Å². The van der Waals surface area contributed by atoms with E-state index in [0.717, 1.165) is 31.5 Å². The van der Waals surface area contributed by atoms with Crippen molar-refractivity contribution < 1.29 is 4.79 Å². The number of fused-ring (bicyclic) bond motifs is 1. The molecule has 3 rings (SSSR count). The smallest absolute Gasteiger partial charge is 0.320 e. The average molecular weight is 294 g/mol. The van der Waals surface area contributed by atoms with Crippen molar-refractivity contribution in [1.82, 2.24) is 4.90 Å². The summed E-state index contributed by atoms with van der Waals surface area (Å²) < 4.78 is 0. The number of carbonyl (C=O) groups excluding carboxylic acids is 1. The fourth-order valence-corrected chi connectivity index (χ4v) is 2.90. The van der Waals surface area contributed by atoms with Crippen LogP contribution in [0.4, 0.5) is 10.5 Å². The van der Waals surface area contributed by atoms with Crippen LogP contribution < -0.4 is 5.32 Å². The third-order valence-electron chi connectivity index (χ3n) is 4.14. The molecule has 1 aliphatic heterocycles. The Morgan fingerprint density at radius 3 is 2.73 bits per heavy atom. The number of aryl methyl sites for hydroxylation is 2. The number of nitrogens with zero attached hydrogens (tertiary/aromatic N) is 1. The van der Waals surface area contributed by atoms with Gasteiger partial charge >= 0.3 is 6.03 Å². The topological polar surface area (TPSA) is 32.3 Å². The van der Waals surface area contributed by atoms with Crippen molar-refractivity contribution in [2.45, 2.75) is 32.7 Å². The lowest BCUT2D eigenvalue weighted by atomic mass is 10.1. The van der Waals surface area contributed by atoms with Crippen molar-refractivity contribution in [3.8, 4) is 0 Å². The molecule has 0 aromatic heterocycles. The number of anilines is 1. The number of amides is 2. The molecule has 3 heteroatoms. The minimum Gasteiger partial charge on any atom is -0.320 e. The zero-order valence-electron chi connectivity index (χ0n) is 13.0. The fourth-order valence-electron chi connectivity index (χ4n) is 2.90. The van der Waals surface area contributed by atoms with Crippen molar-refractivity contribution >= 4 is 11.7 Å². The highest BCUT2D eigenvalue weighted by atomic mass is 16.2. The van der Waals surface area contributed by atoms with Crippen LogP contribution in [0.15, 0.2) is 48.5 Å². The molecule has 0 saturated carbocycles. The van der Waals surface area contributed by atoms with Gasteiger partial charge in [-0.05, 0) is 43.4 Å². The quantitative estimate of drug-likeness (QED) is 0.816. The standard InChI is InChI=1S/C19H22N2O/c1-15-10-11-18-17(13-15)14-21(19(22)20-18)12-6-5-9-16-7-3-2-4-8-16/h2-4,7-8,10-11,13H,5-6,9,12,14H2,1H3,(H,20,22). The van der Waals surface area contributed by atoms with Crippen molar-refractivity contribution in [3.05, 3.63) is 65.2 Å². The van der Waals surface area contributed by atoms with Gasteiger partial charge in [0.05, 0.1) is 0 Å². The Hall–Kier alpha value is -2.29. The molecule has 2 amide bonds. The molecular weight excluding hydrogens is 272 g/mol. The first-order chi connectivity index (χ1) is 10.7. The summed E-state index contributed by atoms with van der Waals surface area (Å²) in [6.07, 6.45) is 3.21. The van der Waals surface area contributed by atoms with Gasteiger partial charge in [0.1, 0.15) is 0 Å². The number of hydrogen-bond donors (Lipinski definition) is 1. The second-order valence-corrected chi connectivity index (χ2v) is 5.96. The molecule has 0 spiro atoms. The molecule has 114 valence electrons. The fraction of sp³-hybridized carbons (Fsp3) is 0.316. The lowest BCUT2D eigenvalue weighted by Gasteiger charge is -2.29. The molecule has 2 aromatic rings. The Morgan fingerprint density at radius 2 is 1.91 bits per heavy atom. The Kier molecular flexibility index (Phi) is 4.42. The SMILES string of the molecule is Cc1ccc2c(c1)CN(CCCCc1ccccc1)C(=O)N2. The maximum atomic E-state index is 12.1. The summed E-state index contributed by atoms with van der Waals surface area (Å²) in [5.41, 5.74) is 4.77. The van der Waals surface area contributed by atoms with Crippen LogP contribution in [0.1, 0.15) is 29.5 Å². The summed E-state index contributed by atoms with van der Waals surface area (Å²) in [4.78, 5) is 14.0. The lowest BCUT2D eigenvalue weighted by Crippen LogP contribution is -2.39. The second kappa shape index (κ2) is 6.65. The summed E-state index contributed by atoms with van der Waals surface area (Å²) in [5.74, 6) is 0. The summed E-state index contributed by atoms with van der Waals surface area (Å²) in [6.45, 7) is 3.61. The molecule has 0 saturated heterocycles. The first-order valence-electron chi connectivity index (χ1n) is 7.92. The van der Waals surface area contributed by atoms with Gasteiger partial charge in [-0.15, -0.1) is 0 Å². The van der Waals surface area contributed by atoms with Crippen molar-refractivity contribution in [2.75, 3.05) is 11.9 Å². The molecule has 0 unspecified atom stereocenters. The number of hydrogen-bond acceptors (Lipinski definition) is 1. The van der Waals surface area contributed by atoms with Crippen LogP contribution in [0.5, 0.6) is 0 Å². The number of nitrogens with one attached hydrogen (secondary N) is 1. The molecule has 0 bridgehead atoms. The van der Waals surface area contributed by atoms with Gasteiger partial charge in [0.25, 0.3) is 0 Å². The summed E-state index contributed by atoms with van der Waals surface area (Å²) in [6, 6.07) is 16.7. The molecule has 3 nitrogen and oxygen atoms in total. The largest absolute Gasteiger partial charge is 0.322 e. The van der Waals surface area contributed by atoms with E-state index >= 15 is 0 Å². The predicted molar refractivity (Wildman–Crippen MR) is 90.0 cm³/mol. The van der Waals surface area contributed by atoms with E-state index in [4.69, 9.17) is 0 Å². The Balaban J connectivity index is 1.52. The van der Waals surface area contributed by atoms with Crippen LogP contribution >= 0.6 is 0 Å². The first-order valence-corrected chi connectivity index (χ1v) is 7.92. The number of urea groups is 1. The third kappa shape index (κ3) is 3.48. The molecule has 1 aliphatic rings. The molecule has 22 heavy (non-hydrogen) atoms. The molecule has 1 heterocycles. The van der Waals surface area contributed by atoms with Gasteiger partial charge in [-0.2, -0.15) is 0 Å². The van der Waals surface area contributed by atoms with E-state index in [-0.39, 0.29) is 6.03 Å². The maximum Gasteiger partial charge on any atom is 0.322 e. The van der Waals surface area contributed by atoms with E-state index in [1.807, 2.05) is 23.1 Å². The molecule has 0 aliphatic carbocycles. The van der Waals surface area contributed by atoms with E-state index in [1.165, 1.54) is 16.7 Å².